The number of aromatic nitrogens is 4. The highest BCUT2D eigenvalue weighted by molar-refractivity contribution is 6.04. The molecule has 2 aromatic heterocycles. The second-order valence-electron chi connectivity index (χ2n) is 9.32. The van der Waals surface area contributed by atoms with E-state index in [2.05, 4.69) is 20.4 Å². The van der Waals surface area contributed by atoms with Crippen molar-refractivity contribution < 1.29 is 22.4 Å². The van der Waals surface area contributed by atoms with Crippen molar-refractivity contribution in [3.8, 4) is 28.2 Å². The smallest absolute Gasteiger partial charge is 0.306 e. The molecule has 0 bridgehead atoms. The number of unbranched alkanes of at least 4 members (excludes halogenated alkanes) is 1. The van der Waals surface area contributed by atoms with Crippen molar-refractivity contribution >= 4 is 11.7 Å². The van der Waals surface area contributed by atoms with Gasteiger partial charge in [-0.25, -0.2) is 14.4 Å². The SMILES string of the molecule is CCCCc1cc(NC(=O)c2cccc(F)c2)n(-c2nc(C(F)(F)F)nc(-c3ccccc3)c2-c2ccccc2)n1. The molecule has 5 aromatic rings. The van der Waals surface area contributed by atoms with Gasteiger partial charge in [0.05, 0.1) is 17.0 Å². The van der Waals surface area contributed by atoms with Crippen molar-refractivity contribution in [2.24, 2.45) is 0 Å². The molecule has 3 aromatic carbocycles. The molecule has 0 spiro atoms. The summed E-state index contributed by atoms with van der Waals surface area (Å²) in [6.07, 6.45) is -2.71. The quantitative estimate of drug-likeness (QED) is 0.197. The molecule has 6 nitrogen and oxygen atoms in total. The van der Waals surface area contributed by atoms with E-state index in [0.717, 1.165) is 18.9 Å². The number of hydrogen-bond acceptors (Lipinski definition) is 4. The molecule has 1 N–H and O–H groups in total. The summed E-state index contributed by atoms with van der Waals surface area (Å²) < 4.78 is 57.6. The number of rotatable bonds is 8. The lowest BCUT2D eigenvalue weighted by Gasteiger charge is -2.18. The molecule has 208 valence electrons. The van der Waals surface area contributed by atoms with Crippen LogP contribution in [0.25, 0.3) is 28.2 Å². The number of carbonyl (C=O) groups is 1. The summed E-state index contributed by atoms with van der Waals surface area (Å²) in [6.45, 7) is 2.00. The van der Waals surface area contributed by atoms with Crippen LogP contribution in [0.15, 0.2) is 91.0 Å². The predicted molar refractivity (Wildman–Crippen MR) is 148 cm³/mol. The number of carbonyl (C=O) groups excluding carboxylic acids is 1. The van der Waals surface area contributed by atoms with Gasteiger partial charge in [0, 0.05) is 17.2 Å². The number of aryl methyl sites for hydroxylation is 1. The molecular formula is C31H25F4N5O. The number of benzene rings is 3. The van der Waals surface area contributed by atoms with E-state index in [1.54, 1.807) is 66.7 Å². The Balaban J connectivity index is 1.78. The van der Waals surface area contributed by atoms with Gasteiger partial charge in [0.2, 0.25) is 5.82 Å². The van der Waals surface area contributed by atoms with Crippen LogP contribution in [0.3, 0.4) is 0 Å². The van der Waals surface area contributed by atoms with Gasteiger partial charge in [-0.3, -0.25) is 4.79 Å². The van der Waals surface area contributed by atoms with Gasteiger partial charge in [0.1, 0.15) is 11.6 Å². The van der Waals surface area contributed by atoms with E-state index in [1.807, 2.05) is 6.92 Å². The summed E-state index contributed by atoms with van der Waals surface area (Å²) in [6, 6.07) is 24.0. The van der Waals surface area contributed by atoms with Crippen LogP contribution in [0.5, 0.6) is 0 Å². The number of nitrogens with zero attached hydrogens (tertiary/aromatic N) is 4. The average Bonchev–Trinajstić information content (AvgIpc) is 3.38. The van der Waals surface area contributed by atoms with Crippen LogP contribution in [0.2, 0.25) is 0 Å². The Morgan fingerprint density at radius 3 is 2.20 bits per heavy atom. The van der Waals surface area contributed by atoms with Gasteiger partial charge in [-0.2, -0.15) is 23.0 Å². The first kappa shape index (κ1) is 27.7. The van der Waals surface area contributed by atoms with Crippen LogP contribution < -0.4 is 5.32 Å². The lowest BCUT2D eigenvalue weighted by molar-refractivity contribution is -0.144. The first-order chi connectivity index (χ1) is 19.7. The zero-order valence-electron chi connectivity index (χ0n) is 22.0. The average molecular weight is 560 g/mol. The zero-order chi connectivity index (χ0) is 29.0. The van der Waals surface area contributed by atoms with Crippen LogP contribution in [-0.4, -0.2) is 25.7 Å². The topological polar surface area (TPSA) is 72.7 Å². The Kier molecular flexibility index (Phi) is 7.91. The van der Waals surface area contributed by atoms with Crippen LogP contribution in [0, 0.1) is 5.82 Å². The molecule has 41 heavy (non-hydrogen) atoms. The fourth-order valence-electron chi connectivity index (χ4n) is 4.38. The molecule has 0 atom stereocenters. The van der Waals surface area contributed by atoms with Crippen LogP contribution in [0.1, 0.15) is 41.6 Å². The molecule has 0 aliphatic carbocycles. The van der Waals surface area contributed by atoms with E-state index >= 15 is 0 Å². The van der Waals surface area contributed by atoms with Crippen molar-refractivity contribution in [3.05, 3.63) is 114 Å². The van der Waals surface area contributed by atoms with Crippen molar-refractivity contribution in [2.75, 3.05) is 5.32 Å². The molecule has 0 saturated carbocycles. The molecule has 5 rings (SSSR count). The van der Waals surface area contributed by atoms with Crippen LogP contribution in [-0.2, 0) is 12.6 Å². The fraction of sp³-hybridized carbons (Fsp3) is 0.161. The van der Waals surface area contributed by atoms with E-state index in [-0.39, 0.29) is 22.9 Å². The number of amides is 1. The summed E-state index contributed by atoms with van der Waals surface area (Å²) in [4.78, 5) is 21.1. The molecular weight excluding hydrogens is 534 g/mol. The third-order valence-electron chi connectivity index (χ3n) is 6.33. The van der Waals surface area contributed by atoms with Crippen molar-refractivity contribution in [2.45, 2.75) is 32.4 Å². The Labute approximate surface area is 233 Å². The normalized spacial score (nSPS) is 11.4. The van der Waals surface area contributed by atoms with Crippen LogP contribution >= 0.6 is 0 Å². The third kappa shape index (κ3) is 6.16. The van der Waals surface area contributed by atoms with E-state index < -0.39 is 23.7 Å². The minimum Gasteiger partial charge on any atom is -0.306 e. The highest BCUT2D eigenvalue weighted by Crippen LogP contribution is 2.39. The Hall–Kier alpha value is -4.86. The summed E-state index contributed by atoms with van der Waals surface area (Å²) in [5.74, 6) is -2.66. The maximum Gasteiger partial charge on any atom is 0.451 e. The Morgan fingerprint density at radius 1 is 0.878 bits per heavy atom. The van der Waals surface area contributed by atoms with Gasteiger partial charge in [-0.1, -0.05) is 80.1 Å². The highest BCUT2D eigenvalue weighted by Gasteiger charge is 2.37. The number of alkyl halides is 3. The number of nitrogens with one attached hydrogen (secondary N) is 1. The number of halogens is 4. The predicted octanol–water partition coefficient (Wildman–Crippen LogP) is 7.75. The first-order valence-electron chi connectivity index (χ1n) is 13.0. The third-order valence-corrected chi connectivity index (χ3v) is 6.33. The van der Waals surface area contributed by atoms with Crippen LogP contribution in [0.4, 0.5) is 23.4 Å². The molecule has 0 unspecified atom stereocenters. The first-order valence-corrected chi connectivity index (χ1v) is 13.0. The van der Waals surface area contributed by atoms with Gasteiger partial charge < -0.3 is 5.32 Å². The van der Waals surface area contributed by atoms with Gasteiger partial charge in [0.25, 0.3) is 5.91 Å². The van der Waals surface area contributed by atoms with Crippen molar-refractivity contribution in [3.63, 3.8) is 0 Å². The lowest BCUT2D eigenvalue weighted by atomic mass is 9.99. The minimum atomic E-state index is -4.86. The molecule has 2 heterocycles. The van der Waals surface area contributed by atoms with Gasteiger partial charge in [-0.05, 0) is 36.6 Å². The summed E-state index contributed by atoms with van der Waals surface area (Å²) in [5.41, 5.74) is 1.96. The number of anilines is 1. The molecule has 10 heteroatoms. The van der Waals surface area contributed by atoms with Gasteiger partial charge in [-0.15, -0.1) is 0 Å². The highest BCUT2D eigenvalue weighted by atomic mass is 19.4. The van der Waals surface area contributed by atoms with E-state index in [4.69, 9.17) is 0 Å². The van der Waals surface area contributed by atoms with E-state index in [9.17, 15) is 22.4 Å². The summed E-state index contributed by atoms with van der Waals surface area (Å²) >= 11 is 0. The molecule has 0 aliphatic rings. The second-order valence-corrected chi connectivity index (χ2v) is 9.32. The van der Waals surface area contributed by atoms with Gasteiger partial charge in [0.15, 0.2) is 5.82 Å². The van der Waals surface area contributed by atoms with E-state index in [0.29, 0.717) is 28.8 Å². The largest absolute Gasteiger partial charge is 0.451 e. The van der Waals surface area contributed by atoms with Gasteiger partial charge >= 0.3 is 6.18 Å². The van der Waals surface area contributed by atoms with E-state index in [1.165, 1.54) is 22.9 Å². The lowest BCUT2D eigenvalue weighted by Crippen LogP contribution is -2.19. The zero-order valence-corrected chi connectivity index (χ0v) is 22.0. The maximum atomic E-state index is 14.2. The minimum absolute atomic E-state index is 0.0415. The molecule has 0 fully saturated rings. The molecule has 0 saturated heterocycles. The fourth-order valence-corrected chi connectivity index (χ4v) is 4.38. The van der Waals surface area contributed by atoms with Crippen molar-refractivity contribution in [1.82, 2.24) is 19.7 Å². The molecule has 0 aliphatic heterocycles. The molecule has 0 radical (unpaired) electrons. The maximum absolute atomic E-state index is 14.2. The Bertz CT molecular complexity index is 1670. The van der Waals surface area contributed by atoms with Crippen molar-refractivity contribution in [1.29, 1.82) is 0 Å². The summed E-state index contributed by atoms with van der Waals surface area (Å²) in [5, 5.41) is 7.30. The number of hydrogen-bond donors (Lipinski definition) is 1. The summed E-state index contributed by atoms with van der Waals surface area (Å²) in [7, 11) is 0. The molecule has 1 amide bonds. The standard InChI is InChI=1S/C31H25F4N5O/c1-2-3-17-24-19-25(36-29(41)22-15-10-16-23(32)18-22)40(39-24)28-26(20-11-6-4-7-12-20)27(21-13-8-5-9-14-21)37-30(38-28)31(33,34)35/h4-16,18-19H,2-3,17H2,1H3,(H,36,41). The Morgan fingerprint density at radius 2 is 1.56 bits per heavy atom. The second kappa shape index (κ2) is 11.7. The monoisotopic (exact) mass is 559 g/mol.